The molecule has 0 aliphatic carbocycles. The van der Waals surface area contributed by atoms with Crippen LogP contribution in [0.3, 0.4) is 0 Å². The van der Waals surface area contributed by atoms with Gasteiger partial charge in [0.15, 0.2) is 0 Å². The Kier molecular flexibility index (Phi) is 3.46. The van der Waals surface area contributed by atoms with Crippen molar-refractivity contribution in [2.45, 2.75) is 12.5 Å². The van der Waals surface area contributed by atoms with Crippen LogP contribution in [-0.2, 0) is 6.42 Å². The van der Waals surface area contributed by atoms with Crippen LogP contribution >= 0.6 is 22.9 Å². The van der Waals surface area contributed by atoms with E-state index < -0.39 is 0 Å². The predicted molar refractivity (Wildman–Crippen MR) is 79.5 cm³/mol. The Morgan fingerprint density at radius 1 is 1.11 bits per heavy atom. The summed E-state index contributed by atoms with van der Waals surface area (Å²) in [7, 11) is 0. The first-order valence-corrected chi connectivity index (χ1v) is 7.12. The van der Waals surface area contributed by atoms with E-state index in [-0.39, 0.29) is 6.04 Å². The van der Waals surface area contributed by atoms with Gasteiger partial charge in [0.2, 0.25) is 0 Å². The van der Waals surface area contributed by atoms with Crippen LogP contribution in [0.1, 0.15) is 16.5 Å². The Hall–Kier alpha value is -1.49. The maximum absolute atomic E-state index is 6.24. The lowest BCUT2D eigenvalue weighted by Gasteiger charge is -2.11. The highest BCUT2D eigenvalue weighted by Gasteiger charge is 2.10. The van der Waals surface area contributed by atoms with Crippen molar-refractivity contribution in [2.75, 3.05) is 0 Å². The molecule has 0 aliphatic rings. The molecule has 19 heavy (non-hydrogen) atoms. The van der Waals surface area contributed by atoms with Crippen molar-refractivity contribution in [3.63, 3.8) is 0 Å². The largest absolute Gasteiger partial charge is 0.324 e. The van der Waals surface area contributed by atoms with Gasteiger partial charge in [0.25, 0.3) is 0 Å². The Balaban J connectivity index is 1.86. The van der Waals surface area contributed by atoms with E-state index in [4.69, 9.17) is 17.3 Å². The quantitative estimate of drug-likeness (QED) is 0.802. The monoisotopic (exact) mass is 289 g/mol. The zero-order valence-electron chi connectivity index (χ0n) is 10.1. The molecule has 0 aliphatic heterocycles. The van der Waals surface area contributed by atoms with Gasteiger partial charge in [0.1, 0.15) is 0 Å². The van der Waals surface area contributed by atoms with E-state index in [1.54, 1.807) is 23.7 Å². The van der Waals surface area contributed by atoms with Gasteiger partial charge >= 0.3 is 0 Å². The van der Waals surface area contributed by atoms with Crippen LogP contribution in [0.25, 0.3) is 11.0 Å². The van der Waals surface area contributed by atoms with Gasteiger partial charge < -0.3 is 5.73 Å². The lowest BCUT2D eigenvalue weighted by molar-refractivity contribution is 0.731. The number of rotatable bonds is 3. The van der Waals surface area contributed by atoms with Crippen molar-refractivity contribution in [1.29, 1.82) is 0 Å². The van der Waals surface area contributed by atoms with E-state index in [0.29, 0.717) is 0 Å². The zero-order chi connectivity index (χ0) is 13.2. The normalized spacial score (nSPS) is 12.7. The van der Waals surface area contributed by atoms with Crippen LogP contribution in [-0.4, -0.2) is 9.97 Å². The minimum Gasteiger partial charge on any atom is -0.324 e. The second-order valence-electron chi connectivity index (χ2n) is 4.32. The predicted octanol–water partition coefficient (Wildman–Crippen LogP) is 3.59. The zero-order valence-corrected chi connectivity index (χ0v) is 11.7. The summed E-state index contributed by atoms with van der Waals surface area (Å²) in [5.41, 5.74) is 9.07. The van der Waals surface area contributed by atoms with Crippen LogP contribution in [0.4, 0.5) is 0 Å². The molecule has 96 valence electrons. The fourth-order valence-corrected chi connectivity index (χ4v) is 3.15. The highest BCUT2D eigenvalue weighted by atomic mass is 35.5. The molecule has 0 radical (unpaired) electrons. The van der Waals surface area contributed by atoms with E-state index in [1.807, 2.05) is 30.3 Å². The van der Waals surface area contributed by atoms with Gasteiger partial charge in [0, 0.05) is 29.7 Å². The summed E-state index contributed by atoms with van der Waals surface area (Å²) < 4.78 is 0.798. The Morgan fingerprint density at radius 3 is 2.63 bits per heavy atom. The third kappa shape index (κ3) is 2.76. The van der Waals surface area contributed by atoms with E-state index in [9.17, 15) is 0 Å². The van der Waals surface area contributed by atoms with Crippen LogP contribution in [0.5, 0.6) is 0 Å². The van der Waals surface area contributed by atoms with Crippen molar-refractivity contribution in [3.05, 3.63) is 57.5 Å². The second kappa shape index (κ2) is 5.25. The molecule has 3 aromatic rings. The number of nitrogens with zero attached hydrogens (tertiary/aromatic N) is 2. The first kappa shape index (κ1) is 12.5. The molecular formula is C14H12ClN3S. The number of fused-ring (bicyclic) bond motifs is 1. The van der Waals surface area contributed by atoms with Gasteiger partial charge in [0.05, 0.1) is 15.4 Å². The standard InChI is InChI=1S/C14H12ClN3S/c15-14-4-2-10(19-14)8-11(16)9-1-3-12-13(7-9)18-6-5-17-12/h1-7,11H,8,16H2. The number of benzene rings is 1. The smallest absolute Gasteiger partial charge is 0.0931 e. The summed E-state index contributed by atoms with van der Waals surface area (Å²) in [5, 5.41) is 0. The average Bonchev–Trinajstić information content (AvgIpc) is 2.83. The van der Waals surface area contributed by atoms with Crippen molar-refractivity contribution in [3.8, 4) is 0 Å². The summed E-state index contributed by atoms with van der Waals surface area (Å²) in [6.07, 6.45) is 4.16. The molecule has 2 N–H and O–H groups in total. The highest BCUT2D eigenvalue weighted by molar-refractivity contribution is 7.16. The van der Waals surface area contributed by atoms with E-state index >= 15 is 0 Å². The SMILES string of the molecule is NC(Cc1ccc(Cl)s1)c1ccc2nccnc2c1. The molecule has 1 unspecified atom stereocenters. The number of aromatic nitrogens is 2. The molecule has 2 heterocycles. The topological polar surface area (TPSA) is 51.8 Å². The van der Waals surface area contributed by atoms with Gasteiger partial charge in [-0.1, -0.05) is 17.7 Å². The van der Waals surface area contributed by atoms with E-state index in [0.717, 1.165) is 27.4 Å². The molecule has 2 aromatic heterocycles. The first-order chi connectivity index (χ1) is 9.22. The number of thiophene rings is 1. The second-order valence-corrected chi connectivity index (χ2v) is 6.12. The maximum Gasteiger partial charge on any atom is 0.0931 e. The number of nitrogens with two attached hydrogens (primary N) is 1. The first-order valence-electron chi connectivity index (χ1n) is 5.93. The summed E-state index contributed by atoms with van der Waals surface area (Å²) in [5.74, 6) is 0. The Labute approximate surface area is 120 Å². The fourth-order valence-electron chi connectivity index (χ4n) is 2.01. The molecule has 0 spiro atoms. The molecule has 0 saturated heterocycles. The molecule has 3 nitrogen and oxygen atoms in total. The van der Waals surface area contributed by atoms with Crippen LogP contribution in [0.15, 0.2) is 42.7 Å². The Morgan fingerprint density at radius 2 is 1.89 bits per heavy atom. The van der Waals surface area contributed by atoms with Crippen LogP contribution in [0, 0.1) is 0 Å². The lowest BCUT2D eigenvalue weighted by atomic mass is 10.0. The van der Waals surface area contributed by atoms with E-state index in [1.165, 1.54) is 4.88 Å². The van der Waals surface area contributed by atoms with Crippen molar-refractivity contribution >= 4 is 34.0 Å². The summed E-state index contributed by atoms with van der Waals surface area (Å²) in [6, 6.07) is 9.84. The molecule has 5 heteroatoms. The summed E-state index contributed by atoms with van der Waals surface area (Å²) in [6.45, 7) is 0. The third-order valence-electron chi connectivity index (χ3n) is 2.97. The average molecular weight is 290 g/mol. The molecule has 0 bridgehead atoms. The molecule has 1 aromatic carbocycles. The minimum absolute atomic E-state index is 0.0545. The van der Waals surface area contributed by atoms with E-state index in [2.05, 4.69) is 9.97 Å². The molecule has 0 amide bonds. The maximum atomic E-state index is 6.24. The summed E-state index contributed by atoms with van der Waals surface area (Å²) in [4.78, 5) is 9.74. The van der Waals surface area contributed by atoms with Crippen LogP contribution in [0.2, 0.25) is 4.34 Å². The van der Waals surface area contributed by atoms with Gasteiger partial charge in [-0.15, -0.1) is 11.3 Å². The van der Waals surface area contributed by atoms with Gasteiger partial charge in [-0.2, -0.15) is 0 Å². The van der Waals surface area contributed by atoms with Crippen molar-refractivity contribution in [1.82, 2.24) is 9.97 Å². The van der Waals surface area contributed by atoms with Gasteiger partial charge in [-0.05, 0) is 29.8 Å². The summed E-state index contributed by atoms with van der Waals surface area (Å²) >= 11 is 7.50. The fraction of sp³-hybridized carbons (Fsp3) is 0.143. The molecule has 3 rings (SSSR count). The minimum atomic E-state index is -0.0545. The van der Waals surface area contributed by atoms with Crippen LogP contribution < -0.4 is 5.73 Å². The van der Waals surface area contributed by atoms with Gasteiger partial charge in [-0.3, -0.25) is 9.97 Å². The molecule has 1 atom stereocenters. The van der Waals surface area contributed by atoms with Crippen molar-refractivity contribution < 1.29 is 0 Å². The highest BCUT2D eigenvalue weighted by Crippen LogP contribution is 2.26. The van der Waals surface area contributed by atoms with Gasteiger partial charge in [-0.25, -0.2) is 0 Å². The number of hydrogen-bond acceptors (Lipinski definition) is 4. The molecule has 0 fully saturated rings. The molecular weight excluding hydrogens is 278 g/mol. The Bertz CT molecular complexity index is 710. The molecule has 0 saturated carbocycles. The number of halogens is 1. The van der Waals surface area contributed by atoms with Crippen molar-refractivity contribution in [2.24, 2.45) is 5.73 Å². The number of hydrogen-bond donors (Lipinski definition) is 1. The lowest BCUT2D eigenvalue weighted by Crippen LogP contribution is -2.12. The third-order valence-corrected chi connectivity index (χ3v) is 4.22.